The number of halogens is 1. The van der Waals surface area contributed by atoms with Gasteiger partial charge >= 0.3 is 0 Å². The monoisotopic (exact) mass is 304 g/mol. The van der Waals surface area contributed by atoms with E-state index in [0.29, 0.717) is 6.61 Å². The maximum atomic E-state index is 6.14. The van der Waals surface area contributed by atoms with E-state index in [1.54, 1.807) is 12.4 Å². The highest BCUT2D eigenvalue weighted by atomic mass is 35.5. The first-order chi connectivity index (χ1) is 9.96. The standard InChI is InChI=1S/C17H21ClN2O/c1-17(2,3)20-10-13-8-9-19-11-16(13)21-12-14-6-4-5-7-15(14)18/h4-9,11,20H,10,12H2,1-3H3. The van der Waals surface area contributed by atoms with Crippen LogP contribution in [0.1, 0.15) is 31.9 Å². The Morgan fingerprint density at radius 3 is 2.62 bits per heavy atom. The van der Waals surface area contributed by atoms with Gasteiger partial charge in [-0.15, -0.1) is 0 Å². The number of rotatable bonds is 5. The van der Waals surface area contributed by atoms with Gasteiger partial charge in [0.1, 0.15) is 12.4 Å². The molecule has 0 bridgehead atoms. The SMILES string of the molecule is CC(C)(C)NCc1ccncc1OCc1ccccc1Cl. The lowest BCUT2D eigenvalue weighted by Crippen LogP contribution is -2.35. The first kappa shape index (κ1) is 15.8. The smallest absolute Gasteiger partial charge is 0.142 e. The lowest BCUT2D eigenvalue weighted by molar-refractivity contribution is 0.299. The maximum absolute atomic E-state index is 6.14. The van der Waals surface area contributed by atoms with Gasteiger partial charge < -0.3 is 10.1 Å². The molecule has 0 aliphatic heterocycles. The van der Waals surface area contributed by atoms with Crippen LogP contribution in [0.3, 0.4) is 0 Å². The Morgan fingerprint density at radius 2 is 1.90 bits per heavy atom. The molecule has 0 aliphatic carbocycles. The molecule has 0 saturated heterocycles. The fraction of sp³-hybridized carbons (Fsp3) is 0.353. The Bertz CT molecular complexity index is 593. The molecule has 0 spiro atoms. The molecule has 0 amide bonds. The number of nitrogens with zero attached hydrogens (tertiary/aromatic N) is 1. The van der Waals surface area contributed by atoms with Crippen molar-refractivity contribution in [3.05, 3.63) is 58.9 Å². The lowest BCUT2D eigenvalue weighted by atomic mass is 10.1. The molecule has 0 fully saturated rings. The number of ether oxygens (including phenoxy) is 1. The van der Waals surface area contributed by atoms with Gasteiger partial charge in [-0.1, -0.05) is 29.8 Å². The number of hydrogen-bond donors (Lipinski definition) is 1. The van der Waals surface area contributed by atoms with Crippen LogP contribution >= 0.6 is 11.6 Å². The first-order valence-corrected chi connectivity index (χ1v) is 7.37. The second-order valence-electron chi connectivity index (χ2n) is 5.97. The Hall–Kier alpha value is -1.58. The minimum atomic E-state index is 0.0588. The Labute approximate surface area is 131 Å². The molecule has 0 atom stereocenters. The van der Waals surface area contributed by atoms with E-state index in [4.69, 9.17) is 16.3 Å². The summed E-state index contributed by atoms with van der Waals surface area (Å²) in [6, 6.07) is 9.67. The van der Waals surface area contributed by atoms with Gasteiger partial charge in [0, 0.05) is 34.4 Å². The molecule has 4 heteroatoms. The third-order valence-electron chi connectivity index (χ3n) is 3.02. The van der Waals surface area contributed by atoms with Crippen molar-refractivity contribution in [2.45, 2.75) is 39.5 Å². The summed E-state index contributed by atoms with van der Waals surface area (Å²) in [5, 5.41) is 4.17. The van der Waals surface area contributed by atoms with Gasteiger partial charge in [-0.25, -0.2) is 0 Å². The van der Waals surface area contributed by atoms with E-state index in [9.17, 15) is 0 Å². The number of aromatic nitrogens is 1. The van der Waals surface area contributed by atoms with Crippen molar-refractivity contribution in [3.63, 3.8) is 0 Å². The van der Waals surface area contributed by atoms with Gasteiger partial charge in [-0.05, 0) is 32.9 Å². The van der Waals surface area contributed by atoms with E-state index >= 15 is 0 Å². The highest BCUT2D eigenvalue weighted by molar-refractivity contribution is 6.31. The molecule has 3 nitrogen and oxygen atoms in total. The van der Waals surface area contributed by atoms with Crippen molar-refractivity contribution in [1.82, 2.24) is 10.3 Å². The zero-order valence-electron chi connectivity index (χ0n) is 12.7. The molecule has 1 heterocycles. The van der Waals surface area contributed by atoms with Crippen molar-refractivity contribution in [3.8, 4) is 5.75 Å². The topological polar surface area (TPSA) is 34.2 Å². The van der Waals surface area contributed by atoms with Crippen molar-refractivity contribution in [2.75, 3.05) is 0 Å². The first-order valence-electron chi connectivity index (χ1n) is 7.00. The van der Waals surface area contributed by atoms with Crippen LogP contribution in [0.15, 0.2) is 42.7 Å². The Balaban J connectivity index is 2.05. The molecule has 1 aromatic carbocycles. The highest BCUT2D eigenvalue weighted by Gasteiger charge is 2.11. The molecule has 0 aliphatic rings. The number of hydrogen-bond acceptors (Lipinski definition) is 3. The van der Waals surface area contributed by atoms with Crippen LogP contribution in [0.5, 0.6) is 5.75 Å². The summed E-state index contributed by atoms with van der Waals surface area (Å²) in [7, 11) is 0. The molecular weight excluding hydrogens is 284 g/mol. The van der Waals surface area contributed by atoms with Gasteiger partial charge in [0.25, 0.3) is 0 Å². The average molecular weight is 305 g/mol. The van der Waals surface area contributed by atoms with E-state index in [0.717, 1.165) is 28.4 Å². The van der Waals surface area contributed by atoms with Crippen LogP contribution in [0.4, 0.5) is 0 Å². The fourth-order valence-corrected chi connectivity index (χ4v) is 2.01. The molecule has 2 rings (SSSR count). The van der Waals surface area contributed by atoms with Crippen molar-refractivity contribution >= 4 is 11.6 Å². The van der Waals surface area contributed by atoms with Gasteiger partial charge in [-0.3, -0.25) is 4.98 Å². The predicted octanol–water partition coefficient (Wildman–Crippen LogP) is 4.20. The molecular formula is C17H21ClN2O. The van der Waals surface area contributed by atoms with Gasteiger partial charge in [0.05, 0.1) is 6.20 Å². The fourth-order valence-electron chi connectivity index (χ4n) is 1.82. The van der Waals surface area contributed by atoms with Crippen molar-refractivity contribution in [1.29, 1.82) is 0 Å². The number of nitrogens with one attached hydrogen (secondary N) is 1. The largest absolute Gasteiger partial charge is 0.487 e. The summed E-state index contributed by atoms with van der Waals surface area (Å²) in [5.41, 5.74) is 2.12. The summed E-state index contributed by atoms with van der Waals surface area (Å²) < 4.78 is 5.88. The summed E-state index contributed by atoms with van der Waals surface area (Å²) >= 11 is 6.14. The minimum absolute atomic E-state index is 0.0588. The third kappa shape index (κ3) is 5.03. The molecule has 2 aromatic rings. The van der Waals surface area contributed by atoms with E-state index in [1.807, 2.05) is 30.3 Å². The molecule has 112 valence electrons. The van der Waals surface area contributed by atoms with E-state index in [1.165, 1.54) is 0 Å². The summed E-state index contributed by atoms with van der Waals surface area (Å²) in [4.78, 5) is 4.14. The van der Waals surface area contributed by atoms with Crippen LogP contribution in [0, 0.1) is 0 Å². The average Bonchev–Trinajstić information content (AvgIpc) is 2.44. The van der Waals surface area contributed by atoms with E-state index in [-0.39, 0.29) is 5.54 Å². The Morgan fingerprint density at radius 1 is 1.14 bits per heavy atom. The van der Waals surface area contributed by atoms with E-state index in [2.05, 4.69) is 31.1 Å². The molecule has 0 radical (unpaired) electrons. The normalized spacial score (nSPS) is 11.4. The summed E-state index contributed by atoms with van der Waals surface area (Å²) in [6.07, 6.45) is 3.53. The Kier molecular flexibility index (Phi) is 5.21. The zero-order chi connectivity index (χ0) is 15.3. The van der Waals surface area contributed by atoms with Gasteiger partial charge in [0.15, 0.2) is 0 Å². The molecule has 0 saturated carbocycles. The van der Waals surface area contributed by atoms with Crippen molar-refractivity contribution in [2.24, 2.45) is 0 Å². The zero-order valence-corrected chi connectivity index (χ0v) is 13.4. The summed E-state index contributed by atoms with van der Waals surface area (Å²) in [5.74, 6) is 0.786. The van der Waals surface area contributed by atoms with Crippen molar-refractivity contribution < 1.29 is 4.74 Å². The molecule has 21 heavy (non-hydrogen) atoms. The highest BCUT2D eigenvalue weighted by Crippen LogP contribution is 2.21. The lowest BCUT2D eigenvalue weighted by Gasteiger charge is -2.21. The maximum Gasteiger partial charge on any atom is 0.142 e. The van der Waals surface area contributed by atoms with Gasteiger partial charge in [0.2, 0.25) is 0 Å². The molecule has 1 N–H and O–H groups in total. The second kappa shape index (κ2) is 6.92. The van der Waals surface area contributed by atoms with Gasteiger partial charge in [-0.2, -0.15) is 0 Å². The van der Waals surface area contributed by atoms with Crippen LogP contribution in [0.2, 0.25) is 5.02 Å². The van der Waals surface area contributed by atoms with Crippen LogP contribution in [-0.4, -0.2) is 10.5 Å². The molecule has 0 unspecified atom stereocenters. The number of pyridine rings is 1. The molecule has 1 aromatic heterocycles. The van der Waals surface area contributed by atoms with Crippen LogP contribution in [0.25, 0.3) is 0 Å². The second-order valence-corrected chi connectivity index (χ2v) is 6.37. The minimum Gasteiger partial charge on any atom is -0.487 e. The quantitative estimate of drug-likeness (QED) is 0.899. The number of benzene rings is 1. The third-order valence-corrected chi connectivity index (χ3v) is 3.39. The summed E-state index contributed by atoms with van der Waals surface area (Å²) in [6.45, 7) is 7.59. The van der Waals surface area contributed by atoms with E-state index < -0.39 is 0 Å². The predicted molar refractivity (Wildman–Crippen MR) is 86.6 cm³/mol. The van der Waals surface area contributed by atoms with Crippen LogP contribution in [-0.2, 0) is 13.2 Å². The van der Waals surface area contributed by atoms with Crippen LogP contribution < -0.4 is 10.1 Å².